The normalized spacial score (nSPS) is 11.6. The average molecular weight is 328 g/mol. The molecule has 2 rings (SSSR count). The number of amides is 2. The number of halogens is 1. The molecule has 0 aliphatic carbocycles. The van der Waals surface area contributed by atoms with Gasteiger partial charge in [0.15, 0.2) is 0 Å². The summed E-state index contributed by atoms with van der Waals surface area (Å²) in [6.07, 6.45) is 0. The van der Waals surface area contributed by atoms with Crippen molar-refractivity contribution in [3.05, 3.63) is 71.5 Å². The highest BCUT2D eigenvalue weighted by Gasteiger charge is 2.21. The molecule has 0 heterocycles. The molecule has 5 heteroatoms. The maximum atomic E-state index is 13.3. The second kappa shape index (κ2) is 8.24. The van der Waals surface area contributed by atoms with Crippen LogP contribution in [0, 0.1) is 5.82 Å². The molecular weight excluding hydrogens is 307 g/mol. The molecule has 0 saturated carbocycles. The molecule has 1 unspecified atom stereocenters. The first kappa shape index (κ1) is 17.7. The van der Waals surface area contributed by atoms with Crippen LogP contribution in [0.2, 0.25) is 0 Å². The quantitative estimate of drug-likeness (QED) is 0.886. The molecule has 0 aliphatic heterocycles. The van der Waals surface area contributed by atoms with Gasteiger partial charge in [0.1, 0.15) is 11.9 Å². The van der Waals surface area contributed by atoms with E-state index < -0.39 is 6.04 Å². The number of nitrogens with zero attached hydrogens (tertiary/aromatic N) is 1. The van der Waals surface area contributed by atoms with E-state index in [1.54, 1.807) is 48.2 Å². The van der Waals surface area contributed by atoms with Crippen molar-refractivity contribution in [1.82, 2.24) is 10.2 Å². The maximum absolute atomic E-state index is 13.3. The van der Waals surface area contributed by atoms with Crippen molar-refractivity contribution in [2.45, 2.75) is 26.4 Å². The summed E-state index contributed by atoms with van der Waals surface area (Å²) in [6, 6.07) is 14.2. The number of hydrogen-bond donors (Lipinski definition) is 1. The van der Waals surface area contributed by atoms with Gasteiger partial charge in [-0.05, 0) is 43.7 Å². The smallest absolute Gasteiger partial charge is 0.251 e. The zero-order valence-electron chi connectivity index (χ0n) is 13.8. The second-order valence-corrected chi connectivity index (χ2v) is 5.54. The van der Waals surface area contributed by atoms with Gasteiger partial charge in [-0.2, -0.15) is 0 Å². The lowest BCUT2D eigenvalue weighted by Crippen LogP contribution is -2.46. The van der Waals surface area contributed by atoms with Crippen LogP contribution in [0.15, 0.2) is 54.6 Å². The summed E-state index contributed by atoms with van der Waals surface area (Å²) in [6.45, 7) is 4.28. The topological polar surface area (TPSA) is 49.4 Å². The van der Waals surface area contributed by atoms with Crippen LogP contribution < -0.4 is 5.32 Å². The van der Waals surface area contributed by atoms with E-state index in [0.29, 0.717) is 24.2 Å². The summed E-state index contributed by atoms with van der Waals surface area (Å²) in [4.78, 5) is 26.3. The van der Waals surface area contributed by atoms with Gasteiger partial charge in [-0.15, -0.1) is 0 Å². The molecule has 1 N–H and O–H groups in total. The molecule has 0 fully saturated rings. The lowest BCUT2D eigenvalue weighted by atomic mass is 10.1. The van der Waals surface area contributed by atoms with Crippen molar-refractivity contribution in [2.75, 3.05) is 6.54 Å². The van der Waals surface area contributed by atoms with Crippen LogP contribution in [-0.4, -0.2) is 29.3 Å². The molecule has 0 aliphatic rings. The van der Waals surface area contributed by atoms with Crippen LogP contribution in [0.3, 0.4) is 0 Å². The third-order valence-corrected chi connectivity index (χ3v) is 3.71. The van der Waals surface area contributed by atoms with Crippen LogP contribution in [0.5, 0.6) is 0 Å². The van der Waals surface area contributed by atoms with Gasteiger partial charge in [-0.3, -0.25) is 9.59 Å². The van der Waals surface area contributed by atoms with E-state index in [4.69, 9.17) is 0 Å². The lowest BCUT2D eigenvalue weighted by molar-refractivity contribution is -0.133. The van der Waals surface area contributed by atoms with Crippen molar-refractivity contribution in [2.24, 2.45) is 0 Å². The first-order chi connectivity index (χ1) is 11.5. The van der Waals surface area contributed by atoms with E-state index in [2.05, 4.69) is 5.32 Å². The minimum atomic E-state index is -0.661. The molecule has 24 heavy (non-hydrogen) atoms. The largest absolute Gasteiger partial charge is 0.341 e. The van der Waals surface area contributed by atoms with E-state index in [1.165, 1.54) is 12.1 Å². The Morgan fingerprint density at radius 1 is 1.12 bits per heavy atom. The third-order valence-electron chi connectivity index (χ3n) is 3.71. The zero-order valence-corrected chi connectivity index (χ0v) is 13.8. The van der Waals surface area contributed by atoms with Crippen LogP contribution in [0.1, 0.15) is 29.8 Å². The Labute approximate surface area is 141 Å². The standard InChI is InChI=1S/C19H21FN2O2/c1-3-22(13-15-8-7-11-17(20)12-15)19(24)14(2)21-18(23)16-9-5-4-6-10-16/h4-12,14H,3,13H2,1-2H3,(H,21,23). The Morgan fingerprint density at radius 3 is 2.46 bits per heavy atom. The van der Waals surface area contributed by atoms with Gasteiger partial charge in [-0.25, -0.2) is 4.39 Å². The van der Waals surface area contributed by atoms with Crippen molar-refractivity contribution >= 4 is 11.8 Å². The number of likely N-dealkylation sites (N-methyl/N-ethyl adjacent to an activating group) is 1. The number of carbonyl (C=O) groups is 2. The van der Waals surface area contributed by atoms with Gasteiger partial charge in [0, 0.05) is 18.7 Å². The predicted octanol–water partition coefficient (Wildman–Crippen LogP) is 2.99. The minimum Gasteiger partial charge on any atom is -0.341 e. The van der Waals surface area contributed by atoms with Crippen molar-refractivity contribution in [1.29, 1.82) is 0 Å². The predicted molar refractivity (Wildman–Crippen MR) is 90.9 cm³/mol. The molecule has 126 valence electrons. The molecule has 2 aromatic rings. The van der Waals surface area contributed by atoms with Gasteiger partial charge >= 0.3 is 0 Å². The molecule has 4 nitrogen and oxygen atoms in total. The van der Waals surface area contributed by atoms with Gasteiger partial charge in [0.25, 0.3) is 5.91 Å². The highest BCUT2D eigenvalue weighted by Crippen LogP contribution is 2.09. The molecule has 0 saturated heterocycles. The number of carbonyl (C=O) groups excluding carboxylic acids is 2. The molecule has 0 spiro atoms. The fourth-order valence-electron chi connectivity index (χ4n) is 2.41. The number of nitrogens with one attached hydrogen (secondary N) is 1. The van der Waals surface area contributed by atoms with Gasteiger partial charge in [-0.1, -0.05) is 30.3 Å². The summed E-state index contributed by atoms with van der Waals surface area (Å²) in [5, 5.41) is 2.70. The monoisotopic (exact) mass is 328 g/mol. The van der Waals surface area contributed by atoms with Crippen molar-refractivity contribution < 1.29 is 14.0 Å². The fraction of sp³-hybridized carbons (Fsp3) is 0.263. The number of benzene rings is 2. The van der Waals surface area contributed by atoms with Crippen LogP contribution in [-0.2, 0) is 11.3 Å². The summed E-state index contributed by atoms with van der Waals surface area (Å²) in [7, 11) is 0. The Bertz CT molecular complexity index is 704. The molecule has 0 bridgehead atoms. The Morgan fingerprint density at radius 2 is 1.83 bits per heavy atom. The molecule has 0 radical (unpaired) electrons. The fourth-order valence-corrected chi connectivity index (χ4v) is 2.41. The molecule has 2 aromatic carbocycles. The van der Waals surface area contributed by atoms with E-state index in [1.807, 2.05) is 13.0 Å². The highest BCUT2D eigenvalue weighted by atomic mass is 19.1. The van der Waals surface area contributed by atoms with Crippen molar-refractivity contribution in [3.63, 3.8) is 0 Å². The first-order valence-corrected chi connectivity index (χ1v) is 7.90. The Kier molecular flexibility index (Phi) is 6.07. The average Bonchev–Trinajstić information content (AvgIpc) is 2.59. The van der Waals surface area contributed by atoms with Crippen LogP contribution >= 0.6 is 0 Å². The summed E-state index contributed by atoms with van der Waals surface area (Å²) >= 11 is 0. The van der Waals surface area contributed by atoms with Gasteiger partial charge in [0.2, 0.25) is 5.91 Å². The zero-order chi connectivity index (χ0) is 17.5. The van der Waals surface area contributed by atoms with Crippen LogP contribution in [0.4, 0.5) is 4.39 Å². The summed E-state index contributed by atoms with van der Waals surface area (Å²) in [5.74, 6) is -0.828. The maximum Gasteiger partial charge on any atom is 0.251 e. The Balaban J connectivity index is 2.00. The third kappa shape index (κ3) is 4.65. The molecular formula is C19H21FN2O2. The minimum absolute atomic E-state index is 0.203. The molecule has 1 atom stereocenters. The number of hydrogen-bond acceptors (Lipinski definition) is 2. The molecule has 2 amide bonds. The van der Waals surface area contributed by atoms with E-state index in [9.17, 15) is 14.0 Å². The van der Waals surface area contributed by atoms with E-state index >= 15 is 0 Å². The second-order valence-electron chi connectivity index (χ2n) is 5.54. The summed E-state index contributed by atoms with van der Waals surface area (Å²) in [5.41, 5.74) is 1.22. The SMILES string of the molecule is CCN(Cc1cccc(F)c1)C(=O)C(C)NC(=O)c1ccccc1. The van der Waals surface area contributed by atoms with E-state index in [0.717, 1.165) is 0 Å². The first-order valence-electron chi connectivity index (χ1n) is 7.90. The highest BCUT2D eigenvalue weighted by molar-refractivity contribution is 5.97. The van der Waals surface area contributed by atoms with Crippen LogP contribution in [0.25, 0.3) is 0 Å². The Hall–Kier alpha value is -2.69. The molecule has 0 aromatic heterocycles. The van der Waals surface area contributed by atoms with Gasteiger partial charge in [0.05, 0.1) is 0 Å². The number of rotatable bonds is 6. The summed E-state index contributed by atoms with van der Waals surface area (Å²) < 4.78 is 13.3. The van der Waals surface area contributed by atoms with Crippen molar-refractivity contribution in [3.8, 4) is 0 Å². The van der Waals surface area contributed by atoms with Gasteiger partial charge < -0.3 is 10.2 Å². The van der Waals surface area contributed by atoms with E-state index in [-0.39, 0.29) is 17.6 Å². The lowest BCUT2D eigenvalue weighted by Gasteiger charge is -2.25.